The zero-order valence-electron chi connectivity index (χ0n) is 76.4. The van der Waals surface area contributed by atoms with Gasteiger partial charge in [0.25, 0.3) is 0 Å². The molecule has 0 radical (unpaired) electrons. The second-order valence-corrected chi connectivity index (χ2v) is 36.2. The van der Waals surface area contributed by atoms with E-state index in [0.717, 1.165) is 99.6 Å². The molecule has 0 saturated carbocycles. The van der Waals surface area contributed by atoms with Gasteiger partial charge in [-0.05, 0) is 181 Å². The van der Waals surface area contributed by atoms with Crippen LogP contribution in [-0.4, -0.2) is 43.6 Å². The summed E-state index contributed by atoms with van der Waals surface area (Å²) in [4.78, 5) is 31.9. The highest BCUT2D eigenvalue weighted by molar-refractivity contribution is 6.33. The summed E-state index contributed by atoms with van der Waals surface area (Å²) >= 11 is 0. The lowest BCUT2D eigenvalue weighted by Gasteiger charge is -2.13. The average molecular weight is 1800 g/mol. The molecule has 0 bridgehead atoms. The summed E-state index contributed by atoms with van der Waals surface area (Å²) in [6, 6.07) is 179. The van der Waals surface area contributed by atoms with Crippen molar-refractivity contribution in [2.24, 2.45) is 0 Å². The highest BCUT2D eigenvalue weighted by Crippen LogP contribution is 2.49. The number of fused-ring (bicyclic) bond motifs is 24. The van der Waals surface area contributed by atoms with Crippen molar-refractivity contribution in [1.29, 1.82) is 0 Å². The molecule has 6 heterocycles. The van der Waals surface area contributed by atoms with E-state index in [1.807, 2.05) is 12.1 Å². The van der Waals surface area contributed by atoms with Gasteiger partial charge in [-0.15, -0.1) is 0 Å². The zero-order chi connectivity index (χ0) is 93.0. The van der Waals surface area contributed by atoms with Crippen LogP contribution in [0.2, 0.25) is 0 Å². The Balaban J connectivity index is 0.000000106. The molecule has 9 heteroatoms. The maximum atomic E-state index is 5.43. The molecule has 0 saturated heterocycles. The minimum Gasteiger partial charge on any atom is -0.278 e. The minimum atomic E-state index is 0.658. The monoisotopic (exact) mass is 1790 g/mol. The number of para-hydroxylation sites is 3. The highest BCUT2D eigenvalue weighted by Gasteiger charge is 2.28. The Kier molecular flexibility index (Phi) is 19.8. The molecule has 0 fully saturated rings. The van der Waals surface area contributed by atoms with Gasteiger partial charge in [0.15, 0.2) is 0 Å². The lowest BCUT2D eigenvalue weighted by molar-refractivity contribution is 1.01. The van der Waals surface area contributed by atoms with Gasteiger partial charge in [0, 0.05) is 65.2 Å². The molecule has 0 N–H and O–H groups in total. The predicted octanol–water partition coefficient (Wildman–Crippen LogP) is 34.4. The Morgan fingerprint density at radius 3 is 0.681 bits per heavy atom. The van der Waals surface area contributed by atoms with Crippen molar-refractivity contribution < 1.29 is 0 Å². The topological polar surface area (TPSA) is 92.1 Å². The van der Waals surface area contributed by atoms with Crippen LogP contribution >= 0.6 is 0 Å². The van der Waals surface area contributed by atoms with Crippen LogP contribution in [0.4, 0.5) is 0 Å². The van der Waals surface area contributed by atoms with Crippen molar-refractivity contribution in [2.45, 2.75) is 0 Å². The van der Waals surface area contributed by atoms with Gasteiger partial charge in [0.2, 0.25) is 17.8 Å². The van der Waals surface area contributed by atoms with Crippen molar-refractivity contribution in [3.05, 3.63) is 504 Å². The Hall–Kier alpha value is -19.0. The Morgan fingerprint density at radius 1 is 0.128 bits per heavy atom. The minimum absolute atomic E-state index is 0.658. The van der Waals surface area contributed by atoms with E-state index in [1.165, 1.54) is 153 Å². The normalized spacial score (nSPS) is 11.7. The summed E-state index contributed by atoms with van der Waals surface area (Å²) in [5.74, 6) is 1.99. The van der Waals surface area contributed by atoms with Crippen LogP contribution in [-0.2, 0) is 0 Å². The van der Waals surface area contributed by atoms with Crippen LogP contribution < -0.4 is 0 Å². The van der Waals surface area contributed by atoms with Crippen molar-refractivity contribution in [2.75, 3.05) is 0 Å². The quantitative estimate of drug-likeness (QED) is 0.128. The largest absolute Gasteiger partial charge is 0.278 e. The van der Waals surface area contributed by atoms with Gasteiger partial charge in [0.05, 0.1) is 66.7 Å². The van der Waals surface area contributed by atoms with Gasteiger partial charge < -0.3 is 0 Å². The molecule has 0 atom stereocenters. The molecular formula is C132H83N9. The molecule has 0 aliphatic heterocycles. The first-order chi connectivity index (χ1) is 70.0. The first kappa shape index (κ1) is 81.6. The fourth-order valence-electron chi connectivity index (χ4n) is 21.7. The number of hydrogen-bond acceptors (Lipinski definition) is 6. The van der Waals surface area contributed by atoms with E-state index in [4.69, 9.17) is 29.9 Å². The molecule has 23 aromatic carbocycles. The van der Waals surface area contributed by atoms with Gasteiger partial charge in [-0.1, -0.05) is 443 Å². The third-order valence-electron chi connectivity index (χ3n) is 28.2. The van der Waals surface area contributed by atoms with E-state index in [2.05, 4.69) is 505 Å². The van der Waals surface area contributed by atoms with Crippen LogP contribution in [0.1, 0.15) is 0 Å². The molecule has 6 aromatic heterocycles. The number of aromatic nitrogens is 9. The second-order valence-electron chi connectivity index (χ2n) is 36.2. The Bertz CT molecular complexity index is 9940. The predicted molar refractivity (Wildman–Crippen MR) is 590 cm³/mol. The first-order valence-electron chi connectivity index (χ1n) is 48.0. The molecule has 29 aromatic rings. The van der Waals surface area contributed by atoms with Gasteiger partial charge in [-0.2, -0.15) is 0 Å². The summed E-state index contributed by atoms with van der Waals surface area (Å²) in [5.41, 5.74) is 27.2. The summed E-state index contributed by atoms with van der Waals surface area (Å²) in [6.07, 6.45) is 0. The highest BCUT2D eigenvalue weighted by atomic mass is 15.2. The maximum Gasteiger partial charge on any atom is 0.235 e. The third kappa shape index (κ3) is 14.0. The SMILES string of the molecule is c1ccc(-c2ccc(-c3nc(-n4c5ccc6ccccc6c5c5c6ccccc6c(-c6ccccc6)cc54)nc4ccccc34)cc2)cc1.c1ccc(-c2cccc(-c3ccc(-c4nc(-n5c6ccc7ccccc7c6c6c7ccccc7ccc65)nc5ccccc45)cc3)c2)cc1.c1ccc(-c2nc(-n3c4ccc5ccccc5c4c4c5ccccc5c(-c5ccccc5)cc43)nc3ccccc23)cc1. The van der Waals surface area contributed by atoms with Crippen LogP contribution in [0, 0.1) is 0 Å². The summed E-state index contributed by atoms with van der Waals surface area (Å²) in [6.45, 7) is 0. The van der Waals surface area contributed by atoms with E-state index in [0.29, 0.717) is 17.8 Å². The molecule has 9 nitrogen and oxygen atoms in total. The van der Waals surface area contributed by atoms with E-state index in [-0.39, 0.29) is 0 Å². The third-order valence-corrected chi connectivity index (χ3v) is 28.2. The van der Waals surface area contributed by atoms with E-state index in [1.54, 1.807) is 0 Å². The van der Waals surface area contributed by atoms with Crippen molar-refractivity contribution in [1.82, 2.24) is 43.6 Å². The van der Waals surface area contributed by atoms with Crippen molar-refractivity contribution in [3.8, 4) is 107 Å². The molecule has 656 valence electrons. The van der Waals surface area contributed by atoms with Crippen LogP contribution in [0.25, 0.3) is 270 Å². The van der Waals surface area contributed by atoms with Crippen LogP contribution in [0.15, 0.2) is 504 Å². The fourth-order valence-corrected chi connectivity index (χ4v) is 21.7. The molecule has 0 amide bonds. The number of hydrogen-bond donors (Lipinski definition) is 0. The number of rotatable bonds is 11. The molecule has 141 heavy (non-hydrogen) atoms. The smallest absolute Gasteiger partial charge is 0.235 e. The molecule has 29 rings (SSSR count). The first-order valence-corrected chi connectivity index (χ1v) is 48.0. The molecule has 0 unspecified atom stereocenters. The van der Waals surface area contributed by atoms with E-state index >= 15 is 0 Å². The van der Waals surface area contributed by atoms with E-state index in [9.17, 15) is 0 Å². The second kappa shape index (κ2) is 34.1. The van der Waals surface area contributed by atoms with Gasteiger partial charge in [-0.25, -0.2) is 29.9 Å². The Labute approximate surface area is 811 Å². The summed E-state index contributed by atoms with van der Waals surface area (Å²) < 4.78 is 6.81. The van der Waals surface area contributed by atoms with Crippen LogP contribution in [0.5, 0.6) is 0 Å². The van der Waals surface area contributed by atoms with Crippen molar-refractivity contribution in [3.63, 3.8) is 0 Å². The van der Waals surface area contributed by atoms with Gasteiger partial charge in [-0.3, -0.25) is 13.7 Å². The number of benzene rings is 23. The molecule has 0 aliphatic rings. The zero-order valence-corrected chi connectivity index (χ0v) is 76.4. The maximum absolute atomic E-state index is 5.43. The lowest BCUT2D eigenvalue weighted by Crippen LogP contribution is -2.03. The molecule has 0 spiro atoms. The van der Waals surface area contributed by atoms with E-state index < -0.39 is 0 Å². The van der Waals surface area contributed by atoms with Gasteiger partial charge in [0.1, 0.15) is 0 Å². The standard InChI is InChI=1S/2C46H29N3.C40H25N3/c1-3-13-30(14-4-1)31-23-25-34(26-24-31)45-38-21-11-12-22-40(38)47-46(48-45)49-41-28-27-33-17-7-8-18-35(33)43(41)44-37-20-10-9-19-36(37)39(29-42(44)49)32-15-5-2-6-16-32;1-2-11-30(12-3-1)35-15-10-16-36(29-35)31-21-23-34(24-22-31)45-39-19-8-9-20-40(39)47-46(48-45)49-41-27-25-32-13-4-6-17-37(32)43(41)44-38-18-7-5-14-33(38)26-28-42(44)49;1-3-13-26(14-4-1)33-25-36-38(31-20-10-9-19-30(31)33)37-29-18-8-7-15-27(29)23-24-35(37)43(36)40-41-34-22-12-11-21-32(34)39(42-40)28-16-5-2-6-17-28/h2*1-29H;1-25H. The van der Waals surface area contributed by atoms with Crippen LogP contribution in [0.3, 0.4) is 0 Å². The lowest BCUT2D eigenvalue weighted by atomic mass is 9.94. The number of nitrogens with zero attached hydrogens (tertiary/aromatic N) is 9. The van der Waals surface area contributed by atoms with Crippen molar-refractivity contribution >= 4 is 163 Å². The molecular weight excluding hydrogens is 1710 g/mol. The fraction of sp³-hybridized carbons (Fsp3) is 0. The summed E-state index contributed by atoms with van der Waals surface area (Å²) in [5, 5.41) is 25.1. The van der Waals surface area contributed by atoms with Gasteiger partial charge >= 0.3 is 0 Å². The average Bonchev–Trinajstić information content (AvgIpc) is 1.56. The molecule has 0 aliphatic carbocycles. The Morgan fingerprint density at radius 2 is 0.348 bits per heavy atom. The summed E-state index contributed by atoms with van der Waals surface area (Å²) in [7, 11) is 0.